The first kappa shape index (κ1) is 10.5. The molecule has 0 aromatic heterocycles. The highest BCUT2D eigenvalue weighted by atomic mass is 79.9. The maximum Gasteiger partial charge on any atom is 0.0704 e. The van der Waals surface area contributed by atoms with Crippen molar-refractivity contribution in [2.75, 3.05) is 5.73 Å². The largest absolute Gasteiger partial charge is 0.398 e. The van der Waals surface area contributed by atoms with Crippen molar-refractivity contribution in [1.29, 1.82) is 0 Å². The van der Waals surface area contributed by atoms with E-state index in [-0.39, 0.29) is 6.04 Å². The summed E-state index contributed by atoms with van der Waals surface area (Å²) in [7, 11) is 0. The van der Waals surface area contributed by atoms with Gasteiger partial charge in [-0.25, -0.2) is 0 Å². The molecule has 0 aliphatic carbocycles. The monoisotopic (exact) mass is 244 g/mol. The molecule has 13 heavy (non-hydrogen) atoms. The molecule has 0 amide bonds. The van der Waals surface area contributed by atoms with Crippen LogP contribution in [0.5, 0.6) is 0 Å². The van der Waals surface area contributed by atoms with Gasteiger partial charge < -0.3 is 16.6 Å². The second kappa shape index (κ2) is 4.09. The van der Waals surface area contributed by atoms with Crippen molar-refractivity contribution >= 4 is 21.6 Å². The van der Waals surface area contributed by atoms with E-state index < -0.39 is 6.10 Å². The molecule has 1 aromatic carbocycles. The summed E-state index contributed by atoms with van der Waals surface area (Å²) in [6.45, 7) is 1.66. The fourth-order valence-corrected chi connectivity index (χ4v) is 1.43. The van der Waals surface area contributed by atoms with Crippen LogP contribution in [-0.4, -0.2) is 11.2 Å². The predicted molar refractivity (Wildman–Crippen MR) is 57.2 cm³/mol. The third kappa shape index (κ3) is 2.43. The number of rotatable bonds is 2. The summed E-state index contributed by atoms with van der Waals surface area (Å²) >= 11 is 3.30. The lowest BCUT2D eigenvalue weighted by atomic mass is 10.0. The summed E-state index contributed by atoms with van der Waals surface area (Å²) in [4.78, 5) is 0. The zero-order valence-corrected chi connectivity index (χ0v) is 8.95. The highest BCUT2D eigenvalue weighted by Gasteiger charge is 2.12. The molecule has 3 nitrogen and oxygen atoms in total. The number of hydrogen-bond donors (Lipinski definition) is 3. The molecule has 0 saturated carbocycles. The smallest absolute Gasteiger partial charge is 0.0704 e. The van der Waals surface area contributed by atoms with Crippen molar-refractivity contribution < 1.29 is 5.11 Å². The van der Waals surface area contributed by atoms with Gasteiger partial charge in [-0.05, 0) is 40.5 Å². The highest BCUT2D eigenvalue weighted by molar-refractivity contribution is 9.10. The van der Waals surface area contributed by atoms with Crippen LogP contribution in [0.3, 0.4) is 0 Å². The molecule has 0 radical (unpaired) electrons. The Kier molecular flexibility index (Phi) is 3.30. The van der Waals surface area contributed by atoms with Crippen LogP contribution in [0.4, 0.5) is 5.69 Å². The molecular formula is C9H13BrN2O. The number of nitrogen functional groups attached to an aromatic ring is 1. The number of anilines is 1. The normalized spacial score (nSPS) is 15.4. The second-order valence-corrected chi connectivity index (χ2v) is 3.90. The van der Waals surface area contributed by atoms with Crippen LogP contribution < -0.4 is 11.5 Å². The van der Waals surface area contributed by atoms with Crippen molar-refractivity contribution in [1.82, 2.24) is 0 Å². The Morgan fingerprint density at radius 3 is 2.54 bits per heavy atom. The van der Waals surface area contributed by atoms with Crippen LogP contribution in [0, 0.1) is 0 Å². The number of halogens is 1. The van der Waals surface area contributed by atoms with Gasteiger partial charge in [0.1, 0.15) is 0 Å². The van der Waals surface area contributed by atoms with E-state index in [1.807, 2.05) is 12.1 Å². The highest BCUT2D eigenvalue weighted by Crippen LogP contribution is 2.24. The molecule has 0 bridgehead atoms. The third-order valence-corrected chi connectivity index (χ3v) is 2.62. The standard InChI is InChI=1S/C9H13BrN2O/c1-5(13)9(12)6-2-3-8(11)7(10)4-6/h2-5,9,13H,11-12H2,1H3/t5-,9-/m1/s1. The van der Waals surface area contributed by atoms with Crippen LogP contribution in [0.2, 0.25) is 0 Å². The number of benzene rings is 1. The minimum absolute atomic E-state index is 0.364. The molecule has 0 fully saturated rings. The number of aliphatic hydroxyl groups is 1. The van der Waals surface area contributed by atoms with Crippen molar-refractivity contribution in [2.45, 2.75) is 19.1 Å². The van der Waals surface area contributed by atoms with E-state index in [0.717, 1.165) is 10.0 Å². The maximum atomic E-state index is 9.26. The molecule has 0 unspecified atom stereocenters. The van der Waals surface area contributed by atoms with Crippen molar-refractivity contribution in [3.63, 3.8) is 0 Å². The molecule has 72 valence electrons. The molecule has 0 heterocycles. The Labute approximate surface area is 85.9 Å². The van der Waals surface area contributed by atoms with Gasteiger partial charge in [0, 0.05) is 10.2 Å². The van der Waals surface area contributed by atoms with Crippen LogP contribution in [-0.2, 0) is 0 Å². The first-order valence-corrected chi connectivity index (χ1v) is 4.80. The van der Waals surface area contributed by atoms with Crippen molar-refractivity contribution in [2.24, 2.45) is 5.73 Å². The van der Waals surface area contributed by atoms with Gasteiger partial charge in [-0.1, -0.05) is 6.07 Å². The fourth-order valence-electron chi connectivity index (χ4n) is 1.03. The average molecular weight is 245 g/mol. The fraction of sp³-hybridized carbons (Fsp3) is 0.333. The summed E-state index contributed by atoms with van der Waals surface area (Å²) in [6, 6.07) is 5.04. The van der Waals surface area contributed by atoms with E-state index in [9.17, 15) is 5.11 Å². The van der Waals surface area contributed by atoms with Crippen LogP contribution in [0.25, 0.3) is 0 Å². The van der Waals surface area contributed by atoms with E-state index in [4.69, 9.17) is 11.5 Å². The minimum Gasteiger partial charge on any atom is -0.398 e. The Morgan fingerprint density at radius 1 is 1.46 bits per heavy atom. The zero-order chi connectivity index (χ0) is 10.0. The summed E-state index contributed by atoms with van der Waals surface area (Å²) in [5.41, 5.74) is 12.9. The van der Waals surface area contributed by atoms with Crippen molar-refractivity contribution in [3.05, 3.63) is 28.2 Å². The SMILES string of the molecule is C[C@@H](O)[C@@H](N)c1ccc(N)c(Br)c1. The topological polar surface area (TPSA) is 72.3 Å². The molecule has 4 heteroatoms. The number of nitrogens with two attached hydrogens (primary N) is 2. The molecule has 0 saturated heterocycles. The van der Waals surface area contributed by atoms with Gasteiger partial charge in [-0.2, -0.15) is 0 Å². The quantitative estimate of drug-likeness (QED) is 0.690. The van der Waals surface area contributed by atoms with Gasteiger partial charge in [0.25, 0.3) is 0 Å². The maximum absolute atomic E-state index is 9.26. The predicted octanol–water partition coefficient (Wildman–Crippen LogP) is 1.41. The van der Waals surface area contributed by atoms with Gasteiger partial charge in [-0.3, -0.25) is 0 Å². The first-order valence-electron chi connectivity index (χ1n) is 4.01. The number of aliphatic hydroxyl groups excluding tert-OH is 1. The third-order valence-electron chi connectivity index (χ3n) is 1.93. The van der Waals surface area contributed by atoms with Crippen molar-refractivity contribution in [3.8, 4) is 0 Å². The van der Waals surface area contributed by atoms with E-state index in [1.165, 1.54) is 0 Å². The van der Waals surface area contributed by atoms with Gasteiger partial charge in [0.05, 0.1) is 12.1 Å². The van der Waals surface area contributed by atoms with E-state index >= 15 is 0 Å². The summed E-state index contributed by atoms with van der Waals surface area (Å²) in [6.07, 6.45) is -0.560. The average Bonchev–Trinajstić information content (AvgIpc) is 2.08. The molecule has 1 rings (SSSR count). The van der Waals surface area contributed by atoms with Gasteiger partial charge in [0.2, 0.25) is 0 Å². The van der Waals surface area contributed by atoms with E-state index in [1.54, 1.807) is 13.0 Å². The molecular weight excluding hydrogens is 232 g/mol. The Hall–Kier alpha value is -0.580. The molecule has 1 aromatic rings. The molecule has 5 N–H and O–H groups in total. The summed E-state index contributed by atoms with van der Waals surface area (Å²) in [5.74, 6) is 0. The Morgan fingerprint density at radius 2 is 2.08 bits per heavy atom. The Balaban J connectivity index is 2.97. The lowest BCUT2D eigenvalue weighted by Gasteiger charge is -2.15. The molecule has 0 aliphatic heterocycles. The summed E-state index contributed by atoms with van der Waals surface area (Å²) in [5, 5.41) is 9.26. The minimum atomic E-state index is -0.560. The zero-order valence-electron chi connectivity index (χ0n) is 7.37. The first-order chi connectivity index (χ1) is 6.02. The lowest BCUT2D eigenvalue weighted by molar-refractivity contribution is 0.164. The van der Waals surface area contributed by atoms with Gasteiger partial charge in [-0.15, -0.1) is 0 Å². The number of hydrogen-bond acceptors (Lipinski definition) is 3. The molecule has 0 aliphatic rings. The molecule has 0 spiro atoms. The van der Waals surface area contributed by atoms with Gasteiger partial charge >= 0.3 is 0 Å². The van der Waals surface area contributed by atoms with E-state index in [2.05, 4.69) is 15.9 Å². The van der Waals surface area contributed by atoms with Crippen LogP contribution in [0.15, 0.2) is 22.7 Å². The second-order valence-electron chi connectivity index (χ2n) is 3.05. The Bertz CT molecular complexity index is 302. The van der Waals surface area contributed by atoms with Crippen LogP contribution in [0.1, 0.15) is 18.5 Å². The molecule has 2 atom stereocenters. The summed E-state index contributed by atoms with van der Waals surface area (Å²) < 4.78 is 0.807. The lowest BCUT2D eigenvalue weighted by Crippen LogP contribution is -2.23. The van der Waals surface area contributed by atoms with Gasteiger partial charge in [0.15, 0.2) is 0 Å². The van der Waals surface area contributed by atoms with Crippen LogP contribution >= 0.6 is 15.9 Å². The van der Waals surface area contributed by atoms with E-state index in [0.29, 0.717) is 5.69 Å².